The standard InChI is InChI=1S/C28H38F4O8S/c1-15(4-7-23(36)40-11-10-27(29,30)28(31,32)41(37,38)39)18-5-6-19-24-20(14-22(35)26(18,19)3)25(2)9-8-17(33)12-16(25)13-21(24)34/h15-16,18-20,24H,4-14H2,1-3H3,(H,37,38,39). The summed E-state index contributed by atoms with van der Waals surface area (Å²) >= 11 is 0. The van der Waals surface area contributed by atoms with Crippen LogP contribution in [-0.2, 0) is 34.0 Å². The van der Waals surface area contributed by atoms with E-state index in [9.17, 15) is 45.2 Å². The molecule has 0 heterocycles. The molecule has 1 N–H and O–H groups in total. The molecule has 0 radical (unpaired) electrons. The lowest BCUT2D eigenvalue weighted by Crippen LogP contribution is -2.60. The Morgan fingerprint density at radius 1 is 1.07 bits per heavy atom. The number of Topliss-reactive ketones (excluding diaryl/α,β-unsaturated/α-hetero) is 3. The fraction of sp³-hybridized carbons (Fsp3) is 0.857. The third kappa shape index (κ3) is 5.27. The molecule has 0 spiro atoms. The monoisotopic (exact) mass is 610 g/mol. The summed E-state index contributed by atoms with van der Waals surface area (Å²) in [6.45, 7) is 4.74. The summed E-state index contributed by atoms with van der Waals surface area (Å²) in [5.41, 5.74) is -1.00. The Hall–Kier alpha value is -1.89. The van der Waals surface area contributed by atoms with Gasteiger partial charge in [-0.3, -0.25) is 23.7 Å². The molecule has 0 aromatic rings. The number of carbonyl (C=O) groups is 4. The molecule has 4 saturated carbocycles. The van der Waals surface area contributed by atoms with Crippen molar-refractivity contribution >= 4 is 33.4 Å². The van der Waals surface area contributed by atoms with Crippen molar-refractivity contribution in [2.75, 3.05) is 6.61 Å². The topological polar surface area (TPSA) is 132 Å². The zero-order valence-electron chi connectivity index (χ0n) is 23.5. The van der Waals surface area contributed by atoms with Gasteiger partial charge in [-0.05, 0) is 60.7 Å². The lowest BCUT2D eigenvalue weighted by Gasteiger charge is -2.58. The van der Waals surface area contributed by atoms with Gasteiger partial charge in [0.1, 0.15) is 17.3 Å². The number of alkyl halides is 4. The van der Waals surface area contributed by atoms with Crippen molar-refractivity contribution in [1.29, 1.82) is 0 Å². The number of halogens is 4. The van der Waals surface area contributed by atoms with Gasteiger partial charge in [0, 0.05) is 43.4 Å². The Bertz CT molecular complexity index is 1220. The van der Waals surface area contributed by atoms with Gasteiger partial charge in [0.15, 0.2) is 0 Å². The summed E-state index contributed by atoms with van der Waals surface area (Å²) in [6.07, 6.45) is 1.73. The van der Waals surface area contributed by atoms with Gasteiger partial charge in [-0.25, -0.2) is 0 Å². The van der Waals surface area contributed by atoms with Crippen LogP contribution < -0.4 is 0 Å². The zero-order chi connectivity index (χ0) is 30.8. The summed E-state index contributed by atoms with van der Waals surface area (Å²) in [7, 11) is -6.37. The smallest absolute Gasteiger partial charge is 0.431 e. The fourth-order valence-electron chi connectivity index (χ4n) is 8.64. The summed E-state index contributed by atoms with van der Waals surface area (Å²) in [5, 5.41) is -5.73. The van der Waals surface area contributed by atoms with E-state index in [1.54, 1.807) is 0 Å². The molecule has 0 amide bonds. The van der Waals surface area contributed by atoms with Crippen LogP contribution in [0.2, 0.25) is 0 Å². The molecule has 0 aromatic carbocycles. The van der Waals surface area contributed by atoms with Gasteiger partial charge in [-0.15, -0.1) is 0 Å². The Balaban J connectivity index is 1.37. The van der Waals surface area contributed by atoms with Gasteiger partial charge in [-0.2, -0.15) is 26.0 Å². The van der Waals surface area contributed by atoms with E-state index < -0.39 is 45.7 Å². The molecular weight excluding hydrogens is 572 g/mol. The normalized spacial score (nSPS) is 36.8. The van der Waals surface area contributed by atoms with Crippen LogP contribution in [0.5, 0.6) is 0 Å². The number of hydrogen-bond donors (Lipinski definition) is 1. The third-order valence-electron chi connectivity index (χ3n) is 11.1. The molecule has 0 aliphatic heterocycles. The average Bonchev–Trinajstić information content (AvgIpc) is 3.22. The zero-order valence-corrected chi connectivity index (χ0v) is 24.3. The molecule has 8 atom stereocenters. The molecule has 8 nitrogen and oxygen atoms in total. The largest absolute Gasteiger partial charge is 0.465 e. The van der Waals surface area contributed by atoms with E-state index in [1.807, 2.05) is 13.8 Å². The first kappa shape index (κ1) is 32.0. The molecule has 8 unspecified atom stereocenters. The molecule has 0 saturated heterocycles. The Kier molecular flexibility index (Phi) is 8.34. The van der Waals surface area contributed by atoms with Crippen molar-refractivity contribution in [2.24, 2.45) is 46.3 Å². The molecule has 232 valence electrons. The number of fused-ring (bicyclic) bond motifs is 5. The van der Waals surface area contributed by atoms with E-state index in [-0.39, 0.29) is 77.5 Å². The van der Waals surface area contributed by atoms with Crippen LogP contribution in [0.1, 0.15) is 85.0 Å². The highest BCUT2D eigenvalue weighted by molar-refractivity contribution is 7.87. The van der Waals surface area contributed by atoms with E-state index in [1.165, 1.54) is 0 Å². The van der Waals surface area contributed by atoms with Crippen LogP contribution in [0, 0.1) is 46.3 Å². The molecule has 13 heteroatoms. The fourth-order valence-corrected chi connectivity index (χ4v) is 9.12. The first-order valence-corrected chi connectivity index (χ1v) is 15.7. The lowest BCUT2D eigenvalue weighted by atomic mass is 9.44. The number of ketones is 3. The molecule has 4 aliphatic rings. The SMILES string of the molecule is CC(CCC(=O)OCCC(F)(F)C(F)(F)S(=O)(=O)O)C1CCC2C3C(=O)CC4CC(=O)CCC4(C)C3CC(=O)C12C. The highest BCUT2D eigenvalue weighted by atomic mass is 32.2. The van der Waals surface area contributed by atoms with Gasteiger partial charge >= 0.3 is 27.3 Å². The molecule has 0 aromatic heterocycles. The molecule has 4 aliphatic carbocycles. The Labute approximate surface area is 237 Å². The van der Waals surface area contributed by atoms with Gasteiger partial charge in [0.2, 0.25) is 0 Å². The van der Waals surface area contributed by atoms with E-state index in [0.717, 1.165) is 0 Å². The van der Waals surface area contributed by atoms with Gasteiger partial charge in [-0.1, -0.05) is 20.8 Å². The second-order valence-corrected chi connectivity index (χ2v) is 14.6. The van der Waals surface area contributed by atoms with Crippen LogP contribution in [0.4, 0.5) is 17.6 Å². The van der Waals surface area contributed by atoms with Gasteiger partial charge in [0.05, 0.1) is 13.0 Å². The minimum absolute atomic E-state index is 0.0315. The van der Waals surface area contributed by atoms with Crippen molar-refractivity contribution in [1.82, 2.24) is 0 Å². The molecule has 0 bridgehead atoms. The van der Waals surface area contributed by atoms with Crippen LogP contribution >= 0.6 is 0 Å². The predicted octanol–water partition coefficient (Wildman–Crippen LogP) is 5.04. The van der Waals surface area contributed by atoms with Crippen molar-refractivity contribution in [3.8, 4) is 0 Å². The molecular formula is C28H38F4O8S. The van der Waals surface area contributed by atoms with Gasteiger partial charge in [0.25, 0.3) is 0 Å². The van der Waals surface area contributed by atoms with Gasteiger partial charge < -0.3 is 4.74 Å². The number of carbonyl (C=O) groups excluding carboxylic acids is 4. The molecule has 4 fully saturated rings. The second-order valence-electron chi connectivity index (χ2n) is 13.1. The summed E-state index contributed by atoms with van der Waals surface area (Å²) in [6, 6.07) is 0. The maximum Gasteiger partial charge on any atom is 0.431 e. The highest BCUT2D eigenvalue weighted by Crippen LogP contribution is 2.66. The summed E-state index contributed by atoms with van der Waals surface area (Å²) in [4.78, 5) is 51.6. The Morgan fingerprint density at radius 3 is 2.37 bits per heavy atom. The predicted molar refractivity (Wildman–Crippen MR) is 136 cm³/mol. The van der Waals surface area contributed by atoms with Crippen LogP contribution in [0.25, 0.3) is 0 Å². The highest BCUT2D eigenvalue weighted by Gasteiger charge is 2.67. The number of rotatable bonds is 9. The first-order chi connectivity index (χ1) is 18.8. The van der Waals surface area contributed by atoms with E-state index >= 15 is 0 Å². The molecule has 4 rings (SSSR count). The van der Waals surface area contributed by atoms with Crippen molar-refractivity contribution in [3.05, 3.63) is 0 Å². The van der Waals surface area contributed by atoms with Crippen molar-refractivity contribution in [3.63, 3.8) is 0 Å². The van der Waals surface area contributed by atoms with Crippen LogP contribution in [0.3, 0.4) is 0 Å². The Morgan fingerprint density at radius 2 is 1.73 bits per heavy atom. The molecule has 41 heavy (non-hydrogen) atoms. The second kappa shape index (κ2) is 10.7. The van der Waals surface area contributed by atoms with Crippen LogP contribution in [-0.4, -0.2) is 54.1 Å². The minimum Gasteiger partial charge on any atom is -0.465 e. The summed E-state index contributed by atoms with van der Waals surface area (Å²) < 4.78 is 88.1. The quantitative estimate of drug-likeness (QED) is 0.218. The lowest BCUT2D eigenvalue weighted by molar-refractivity contribution is -0.174. The van der Waals surface area contributed by atoms with E-state index in [4.69, 9.17) is 4.55 Å². The number of ether oxygens (including phenoxy) is 1. The third-order valence-corrected chi connectivity index (χ3v) is 12.1. The maximum atomic E-state index is 13.8. The summed E-state index contributed by atoms with van der Waals surface area (Å²) in [5.74, 6) is -6.51. The van der Waals surface area contributed by atoms with E-state index in [2.05, 4.69) is 11.7 Å². The first-order valence-electron chi connectivity index (χ1n) is 14.2. The van der Waals surface area contributed by atoms with Crippen molar-refractivity contribution in [2.45, 2.75) is 96.2 Å². The minimum atomic E-state index is -6.37. The number of esters is 1. The van der Waals surface area contributed by atoms with Crippen LogP contribution in [0.15, 0.2) is 0 Å². The van der Waals surface area contributed by atoms with Crippen molar-refractivity contribution < 1.29 is 54.4 Å². The number of hydrogen-bond acceptors (Lipinski definition) is 7. The average molecular weight is 611 g/mol. The maximum absolute atomic E-state index is 13.8. The van der Waals surface area contributed by atoms with E-state index in [0.29, 0.717) is 38.5 Å².